The second-order valence-corrected chi connectivity index (χ2v) is 2.70. The van der Waals surface area contributed by atoms with Crippen LogP contribution in [0.25, 0.3) is 0 Å². The van der Waals surface area contributed by atoms with Gasteiger partial charge >= 0.3 is 0 Å². The Hall–Kier alpha value is -1.46. The Morgan fingerprint density at radius 2 is 2.00 bits per heavy atom. The molecule has 0 radical (unpaired) electrons. The third-order valence-corrected chi connectivity index (χ3v) is 1.80. The molecule has 1 aromatic carbocycles. The quantitative estimate of drug-likeness (QED) is 0.550. The van der Waals surface area contributed by atoms with Crippen molar-refractivity contribution in [3.8, 4) is 0 Å². The van der Waals surface area contributed by atoms with Crippen LogP contribution in [-0.4, -0.2) is 10.1 Å². The van der Waals surface area contributed by atoms with E-state index in [-0.39, 0.29) is 11.7 Å². The Morgan fingerprint density at radius 1 is 1.46 bits per heavy atom. The van der Waals surface area contributed by atoms with E-state index in [1.165, 1.54) is 12.1 Å². The molecule has 0 aromatic heterocycles. The van der Waals surface area contributed by atoms with Gasteiger partial charge in [-0.3, -0.25) is 10.1 Å². The van der Waals surface area contributed by atoms with Gasteiger partial charge in [-0.2, -0.15) is 5.48 Å². The molecule has 1 rings (SSSR count). The number of rotatable bonds is 3. The first-order valence-electron chi connectivity index (χ1n) is 3.79. The maximum atomic E-state index is 10.3. The summed E-state index contributed by atoms with van der Waals surface area (Å²) in [7, 11) is 0. The molecule has 2 N–H and O–H groups in total. The van der Waals surface area contributed by atoms with Gasteiger partial charge in [-0.15, -0.1) is 0 Å². The van der Waals surface area contributed by atoms with Crippen molar-refractivity contribution < 1.29 is 10.1 Å². The SMILES string of the molecule is C[C@H](NO)c1ccc([N+](=O)[O-])cc1. The molecule has 5 nitrogen and oxygen atoms in total. The lowest BCUT2D eigenvalue weighted by atomic mass is 10.1. The number of non-ortho nitro benzene ring substituents is 1. The molecule has 0 aliphatic heterocycles. The van der Waals surface area contributed by atoms with E-state index < -0.39 is 4.92 Å². The highest BCUT2D eigenvalue weighted by molar-refractivity contribution is 5.33. The lowest BCUT2D eigenvalue weighted by Crippen LogP contribution is -2.12. The van der Waals surface area contributed by atoms with Gasteiger partial charge in [0.15, 0.2) is 0 Å². The lowest BCUT2D eigenvalue weighted by Gasteiger charge is -2.07. The summed E-state index contributed by atoms with van der Waals surface area (Å²) in [4.78, 5) is 9.83. The molecule has 1 aromatic rings. The highest BCUT2D eigenvalue weighted by Gasteiger charge is 2.07. The van der Waals surface area contributed by atoms with Crippen LogP contribution in [0.3, 0.4) is 0 Å². The van der Waals surface area contributed by atoms with Crippen LogP contribution in [0.2, 0.25) is 0 Å². The van der Waals surface area contributed by atoms with Crippen LogP contribution in [-0.2, 0) is 0 Å². The molecule has 0 aliphatic carbocycles. The standard InChI is InChI=1S/C8H10N2O3/c1-6(9-11)7-2-4-8(5-3-7)10(12)13/h2-6,9,11H,1H3/t6-/m0/s1. The van der Waals surface area contributed by atoms with E-state index in [1.54, 1.807) is 19.1 Å². The summed E-state index contributed by atoms with van der Waals surface area (Å²) < 4.78 is 0. The van der Waals surface area contributed by atoms with Crippen LogP contribution in [0.4, 0.5) is 5.69 Å². The molecule has 13 heavy (non-hydrogen) atoms. The van der Waals surface area contributed by atoms with Gasteiger partial charge in [-0.05, 0) is 12.5 Å². The highest BCUT2D eigenvalue weighted by atomic mass is 16.6. The molecule has 0 fully saturated rings. The molecule has 1 atom stereocenters. The van der Waals surface area contributed by atoms with Crippen molar-refractivity contribution >= 4 is 5.69 Å². The highest BCUT2D eigenvalue weighted by Crippen LogP contribution is 2.16. The van der Waals surface area contributed by atoms with E-state index in [0.29, 0.717) is 0 Å². The molecule has 0 aliphatic rings. The predicted molar refractivity (Wildman–Crippen MR) is 46.4 cm³/mol. The van der Waals surface area contributed by atoms with Gasteiger partial charge in [0.2, 0.25) is 0 Å². The first-order chi connectivity index (χ1) is 6.15. The zero-order valence-electron chi connectivity index (χ0n) is 7.10. The maximum Gasteiger partial charge on any atom is 0.269 e. The van der Waals surface area contributed by atoms with E-state index in [0.717, 1.165) is 5.56 Å². The molecule has 0 saturated carbocycles. The molecule has 70 valence electrons. The Balaban J connectivity index is 2.87. The smallest absolute Gasteiger partial charge is 0.269 e. The molecular formula is C8H10N2O3. The van der Waals surface area contributed by atoms with E-state index in [4.69, 9.17) is 5.21 Å². The summed E-state index contributed by atoms with van der Waals surface area (Å²) in [6.45, 7) is 1.75. The van der Waals surface area contributed by atoms with E-state index in [1.807, 2.05) is 0 Å². The molecule has 0 unspecified atom stereocenters. The van der Waals surface area contributed by atoms with Crippen LogP contribution in [0.5, 0.6) is 0 Å². The van der Waals surface area contributed by atoms with Gasteiger partial charge in [0.05, 0.1) is 11.0 Å². The van der Waals surface area contributed by atoms with Crippen LogP contribution in [0.1, 0.15) is 18.5 Å². The second-order valence-electron chi connectivity index (χ2n) is 2.70. The third kappa shape index (κ3) is 2.24. The molecule has 0 bridgehead atoms. The number of nitrogens with one attached hydrogen (secondary N) is 1. The van der Waals surface area contributed by atoms with E-state index in [2.05, 4.69) is 5.48 Å². The molecular weight excluding hydrogens is 172 g/mol. The molecule has 5 heteroatoms. The minimum Gasteiger partial charge on any atom is -0.316 e. The molecule has 0 heterocycles. The number of nitro groups is 1. The van der Waals surface area contributed by atoms with Gasteiger partial charge in [0, 0.05) is 12.1 Å². The zero-order valence-corrected chi connectivity index (χ0v) is 7.10. The second kappa shape index (κ2) is 3.97. The predicted octanol–water partition coefficient (Wildman–Crippen LogP) is 1.63. The van der Waals surface area contributed by atoms with E-state index >= 15 is 0 Å². The van der Waals surface area contributed by atoms with Crippen molar-refractivity contribution in [3.05, 3.63) is 39.9 Å². The van der Waals surface area contributed by atoms with Crippen LogP contribution in [0, 0.1) is 10.1 Å². The summed E-state index contributed by atoms with van der Waals surface area (Å²) in [6, 6.07) is 5.80. The van der Waals surface area contributed by atoms with Gasteiger partial charge < -0.3 is 5.21 Å². The fraction of sp³-hybridized carbons (Fsp3) is 0.250. The van der Waals surface area contributed by atoms with E-state index in [9.17, 15) is 10.1 Å². The first-order valence-corrected chi connectivity index (χ1v) is 3.79. The number of hydroxylamine groups is 1. The molecule has 0 amide bonds. The van der Waals surface area contributed by atoms with Crippen molar-refractivity contribution in [1.82, 2.24) is 5.48 Å². The monoisotopic (exact) mass is 182 g/mol. The number of benzene rings is 1. The fourth-order valence-electron chi connectivity index (χ4n) is 0.959. The number of hydrogen-bond acceptors (Lipinski definition) is 4. The maximum absolute atomic E-state index is 10.3. The number of nitrogens with zero attached hydrogens (tertiary/aromatic N) is 1. The van der Waals surface area contributed by atoms with Crippen molar-refractivity contribution in [3.63, 3.8) is 0 Å². The third-order valence-electron chi connectivity index (χ3n) is 1.80. The summed E-state index contributed by atoms with van der Waals surface area (Å²) in [6.07, 6.45) is 0. The summed E-state index contributed by atoms with van der Waals surface area (Å²) >= 11 is 0. The van der Waals surface area contributed by atoms with Gasteiger partial charge in [-0.1, -0.05) is 12.1 Å². The van der Waals surface area contributed by atoms with Crippen molar-refractivity contribution in [2.75, 3.05) is 0 Å². The lowest BCUT2D eigenvalue weighted by molar-refractivity contribution is -0.384. The van der Waals surface area contributed by atoms with Gasteiger partial charge in [0.25, 0.3) is 5.69 Å². The van der Waals surface area contributed by atoms with Crippen LogP contribution >= 0.6 is 0 Å². The Kier molecular flexibility index (Phi) is 2.94. The number of nitro benzene ring substituents is 1. The fourth-order valence-corrected chi connectivity index (χ4v) is 0.959. The topological polar surface area (TPSA) is 75.4 Å². The van der Waals surface area contributed by atoms with Crippen LogP contribution in [0.15, 0.2) is 24.3 Å². The Labute approximate surface area is 75.1 Å². The average Bonchev–Trinajstić information content (AvgIpc) is 2.17. The van der Waals surface area contributed by atoms with Crippen LogP contribution < -0.4 is 5.48 Å². The minimum absolute atomic E-state index is 0.0499. The minimum atomic E-state index is -0.458. The van der Waals surface area contributed by atoms with Crippen molar-refractivity contribution in [2.24, 2.45) is 0 Å². The average molecular weight is 182 g/mol. The van der Waals surface area contributed by atoms with Crippen molar-refractivity contribution in [2.45, 2.75) is 13.0 Å². The molecule has 0 spiro atoms. The first kappa shape index (κ1) is 9.63. The summed E-state index contributed by atoms with van der Waals surface area (Å²) in [5, 5.41) is 18.9. The van der Waals surface area contributed by atoms with Gasteiger partial charge in [0.1, 0.15) is 0 Å². The summed E-state index contributed by atoms with van der Waals surface area (Å²) in [5.41, 5.74) is 2.91. The van der Waals surface area contributed by atoms with Gasteiger partial charge in [-0.25, -0.2) is 0 Å². The Bertz CT molecular complexity index is 297. The molecule has 0 saturated heterocycles. The normalized spacial score (nSPS) is 12.5. The Morgan fingerprint density at radius 3 is 2.38 bits per heavy atom. The zero-order chi connectivity index (χ0) is 9.84. The van der Waals surface area contributed by atoms with Crippen molar-refractivity contribution in [1.29, 1.82) is 0 Å². The largest absolute Gasteiger partial charge is 0.316 e. The number of hydrogen-bond donors (Lipinski definition) is 2. The summed E-state index contributed by atoms with van der Waals surface area (Å²) in [5.74, 6) is 0.